The smallest absolute Gasteiger partial charge is 0.416 e. The van der Waals surface area contributed by atoms with E-state index < -0.39 is 23.8 Å². The summed E-state index contributed by atoms with van der Waals surface area (Å²) >= 11 is 7.64. The van der Waals surface area contributed by atoms with Crippen LogP contribution in [0.3, 0.4) is 0 Å². The van der Waals surface area contributed by atoms with Gasteiger partial charge in [-0.05, 0) is 41.2 Å². The Kier molecular flexibility index (Phi) is 5.34. The zero-order chi connectivity index (χ0) is 19.8. The van der Waals surface area contributed by atoms with Crippen molar-refractivity contribution in [1.29, 1.82) is 0 Å². The molecule has 0 N–H and O–H groups in total. The first-order valence-corrected chi connectivity index (χ1v) is 8.95. The first kappa shape index (κ1) is 19.5. The normalized spacial score (nSPS) is 16.6. The number of anilines is 1. The summed E-state index contributed by atoms with van der Waals surface area (Å²) < 4.78 is 49.6. The van der Waals surface area contributed by atoms with Gasteiger partial charge in [0, 0.05) is 0 Å². The van der Waals surface area contributed by atoms with Crippen LogP contribution in [0.15, 0.2) is 34.6 Å². The molecule has 2 heterocycles. The van der Waals surface area contributed by atoms with Crippen LogP contribution in [0, 0.1) is 0 Å². The Morgan fingerprint density at radius 2 is 2.07 bits per heavy atom. The summed E-state index contributed by atoms with van der Waals surface area (Å²) in [5, 5.41) is 1.71. The predicted molar refractivity (Wildman–Crippen MR) is 97.1 cm³/mol. The molecule has 144 valence electrons. The summed E-state index contributed by atoms with van der Waals surface area (Å²) in [5.74, 6) is -0.354. The molecule has 2 aromatic rings. The highest BCUT2D eigenvalue weighted by atomic mass is 35.5. The number of aliphatic imine (C=N–C) groups is 1. The molecule has 0 fully saturated rings. The number of fused-ring (bicyclic) bond motifs is 1. The molecule has 1 aliphatic heterocycles. The van der Waals surface area contributed by atoms with Crippen LogP contribution in [0.25, 0.3) is 0 Å². The molecule has 0 spiro atoms. The minimum Gasteiger partial charge on any atom is -0.495 e. The fraction of sp³-hybridized carbons (Fsp3) is 0.294. The lowest BCUT2D eigenvalue weighted by atomic mass is 10.1. The van der Waals surface area contributed by atoms with Crippen molar-refractivity contribution < 1.29 is 27.4 Å². The molecule has 1 aliphatic rings. The molecule has 1 aromatic carbocycles. The van der Waals surface area contributed by atoms with Gasteiger partial charge in [0.05, 0.1) is 48.5 Å². The molecular weight excluding hydrogens is 405 g/mol. The van der Waals surface area contributed by atoms with Crippen LogP contribution >= 0.6 is 22.9 Å². The molecule has 5 nitrogen and oxygen atoms in total. The van der Waals surface area contributed by atoms with Crippen LogP contribution in [0.4, 0.5) is 24.5 Å². The average Bonchev–Trinajstić information content (AvgIpc) is 3.08. The predicted octanol–water partition coefficient (Wildman–Crippen LogP) is 5.13. The van der Waals surface area contributed by atoms with E-state index in [1.807, 2.05) is 0 Å². The van der Waals surface area contributed by atoms with Gasteiger partial charge in [0.1, 0.15) is 5.75 Å². The summed E-state index contributed by atoms with van der Waals surface area (Å²) in [5.41, 5.74) is -0.230. The van der Waals surface area contributed by atoms with Gasteiger partial charge in [-0.1, -0.05) is 0 Å². The average molecular weight is 419 g/mol. The third-order valence-corrected chi connectivity index (χ3v) is 5.33. The second-order valence-electron chi connectivity index (χ2n) is 5.60. The Bertz CT molecular complexity index is 898. The van der Waals surface area contributed by atoms with E-state index in [0.717, 1.165) is 12.1 Å². The highest BCUT2D eigenvalue weighted by Crippen LogP contribution is 2.47. The number of esters is 1. The lowest BCUT2D eigenvalue weighted by molar-refractivity contribution is -0.141. The highest BCUT2D eigenvalue weighted by molar-refractivity contribution is 7.10. The van der Waals surface area contributed by atoms with Crippen molar-refractivity contribution in [1.82, 2.24) is 0 Å². The topological polar surface area (TPSA) is 51.1 Å². The van der Waals surface area contributed by atoms with Gasteiger partial charge in [-0.15, -0.1) is 11.3 Å². The second-order valence-corrected chi connectivity index (χ2v) is 6.89. The van der Waals surface area contributed by atoms with Crippen LogP contribution < -0.4 is 9.64 Å². The molecule has 0 amide bonds. The van der Waals surface area contributed by atoms with Gasteiger partial charge in [-0.25, -0.2) is 4.99 Å². The van der Waals surface area contributed by atoms with Gasteiger partial charge < -0.3 is 14.4 Å². The number of halogens is 4. The molecule has 1 aromatic heterocycles. The number of methoxy groups -OCH3 is 2. The van der Waals surface area contributed by atoms with Crippen molar-refractivity contribution in [2.45, 2.75) is 18.6 Å². The van der Waals surface area contributed by atoms with E-state index in [1.54, 1.807) is 11.4 Å². The lowest BCUT2D eigenvalue weighted by Gasteiger charge is -2.35. The number of rotatable bonds is 4. The summed E-state index contributed by atoms with van der Waals surface area (Å²) in [6.07, 6.45) is -4.67. The minimum atomic E-state index is -4.55. The number of nitrogens with zero attached hydrogens (tertiary/aromatic N) is 2. The second kappa shape index (κ2) is 7.40. The number of ether oxygens (including phenoxy) is 2. The molecule has 3 rings (SSSR count). The quantitative estimate of drug-likeness (QED) is 0.510. The van der Waals surface area contributed by atoms with Gasteiger partial charge in [0.25, 0.3) is 0 Å². The van der Waals surface area contributed by atoms with Gasteiger partial charge in [0.15, 0.2) is 0 Å². The summed E-state index contributed by atoms with van der Waals surface area (Å²) in [7, 11) is 2.58. The van der Waals surface area contributed by atoms with Crippen LogP contribution in [0.2, 0.25) is 0 Å². The standard InChI is InChI=1S/C17H14ClF3N2O3S/c1-25-13-4-3-9(17(19,20)21)7-11(13)23-12(8-14(24)26-2)15-10(5-6-27-15)22-16(23)18/h3-7,12H,8H2,1-2H3. The molecule has 0 radical (unpaired) electrons. The number of carbonyl (C=O) groups excluding carboxylic acids is 1. The molecule has 0 bridgehead atoms. The monoisotopic (exact) mass is 418 g/mol. The maximum Gasteiger partial charge on any atom is 0.416 e. The molecule has 0 saturated carbocycles. The molecule has 27 heavy (non-hydrogen) atoms. The SMILES string of the molecule is COC(=O)CC1c2sccc2N=C(Cl)N1c1cc(C(F)(F)F)ccc1OC. The van der Waals surface area contributed by atoms with Crippen LogP contribution in [-0.2, 0) is 15.7 Å². The van der Waals surface area contributed by atoms with E-state index in [2.05, 4.69) is 4.99 Å². The van der Waals surface area contributed by atoms with Crippen molar-refractivity contribution in [3.8, 4) is 5.75 Å². The van der Waals surface area contributed by atoms with E-state index in [9.17, 15) is 18.0 Å². The zero-order valence-corrected chi connectivity index (χ0v) is 15.8. The van der Waals surface area contributed by atoms with E-state index in [-0.39, 0.29) is 23.2 Å². The van der Waals surface area contributed by atoms with E-state index in [1.165, 1.54) is 36.5 Å². The Hall–Kier alpha value is -2.26. The first-order valence-electron chi connectivity index (χ1n) is 7.69. The third kappa shape index (κ3) is 3.74. The van der Waals surface area contributed by atoms with E-state index in [4.69, 9.17) is 21.1 Å². The number of hydrogen-bond donors (Lipinski definition) is 0. The number of thiophene rings is 1. The first-order chi connectivity index (χ1) is 12.8. The molecule has 0 saturated heterocycles. The number of carbonyl (C=O) groups is 1. The Balaban J connectivity index is 2.16. The maximum atomic E-state index is 13.2. The van der Waals surface area contributed by atoms with Crippen molar-refractivity contribution in [2.24, 2.45) is 4.99 Å². The lowest BCUT2D eigenvalue weighted by Crippen LogP contribution is -2.35. The van der Waals surface area contributed by atoms with E-state index >= 15 is 0 Å². The van der Waals surface area contributed by atoms with Crippen LogP contribution in [0.1, 0.15) is 22.9 Å². The van der Waals surface area contributed by atoms with Gasteiger partial charge in [0.2, 0.25) is 5.29 Å². The van der Waals surface area contributed by atoms with Gasteiger partial charge >= 0.3 is 12.1 Å². The Morgan fingerprint density at radius 1 is 1.33 bits per heavy atom. The molecule has 10 heteroatoms. The number of alkyl halides is 3. The Labute approximate surface area is 162 Å². The third-order valence-electron chi connectivity index (χ3n) is 4.05. The van der Waals surface area contributed by atoms with Gasteiger partial charge in [-0.2, -0.15) is 13.2 Å². The summed E-state index contributed by atoms with van der Waals surface area (Å²) in [6, 6.07) is 4.12. The molecular formula is C17H14ClF3N2O3S. The van der Waals surface area contributed by atoms with E-state index in [0.29, 0.717) is 10.6 Å². The van der Waals surface area contributed by atoms with Crippen LogP contribution in [0.5, 0.6) is 5.75 Å². The molecule has 1 atom stereocenters. The van der Waals surface area contributed by atoms with Crippen LogP contribution in [-0.4, -0.2) is 25.5 Å². The maximum absolute atomic E-state index is 13.2. The zero-order valence-electron chi connectivity index (χ0n) is 14.2. The summed E-state index contributed by atoms with van der Waals surface area (Å²) in [4.78, 5) is 18.2. The fourth-order valence-electron chi connectivity index (χ4n) is 2.80. The number of hydrogen-bond acceptors (Lipinski definition) is 6. The van der Waals surface area contributed by atoms with Gasteiger partial charge in [-0.3, -0.25) is 4.79 Å². The largest absolute Gasteiger partial charge is 0.495 e. The highest BCUT2D eigenvalue weighted by Gasteiger charge is 2.37. The van der Waals surface area contributed by atoms with Crippen molar-refractivity contribution in [3.05, 3.63) is 40.1 Å². The minimum absolute atomic E-state index is 0.0626. The number of benzene rings is 1. The Morgan fingerprint density at radius 3 is 2.70 bits per heavy atom. The van der Waals surface area contributed by atoms with Crippen molar-refractivity contribution >= 4 is 45.6 Å². The number of amidine groups is 1. The molecule has 1 unspecified atom stereocenters. The fourth-order valence-corrected chi connectivity index (χ4v) is 4.03. The molecule has 0 aliphatic carbocycles. The van der Waals surface area contributed by atoms with Crippen molar-refractivity contribution in [3.63, 3.8) is 0 Å². The summed E-state index contributed by atoms with van der Waals surface area (Å²) in [6.45, 7) is 0. The van der Waals surface area contributed by atoms with Crippen molar-refractivity contribution in [2.75, 3.05) is 19.1 Å².